The van der Waals surface area contributed by atoms with Gasteiger partial charge in [-0.1, -0.05) is 17.7 Å². The first-order chi connectivity index (χ1) is 12.8. The number of urea groups is 1. The number of amides is 3. The number of ether oxygens (including phenoxy) is 1. The molecule has 0 spiro atoms. The second-order valence-corrected chi connectivity index (χ2v) is 7.08. The average Bonchev–Trinajstić information content (AvgIpc) is 2.88. The molecule has 1 heterocycles. The van der Waals surface area contributed by atoms with Crippen LogP contribution in [0.1, 0.15) is 5.56 Å². The van der Waals surface area contributed by atoms with E-state index >= 15 is 0 Å². The van der Waals surface area contributed by atoms with E-state index in [1.165, 1.54) is 0 Å². The van der Waals surface area contributed by atoms with Crippen LogP contribution in [-0.4, -0.2) is 29.6 Å². The normalized spacial score (nSPS) is 15.2. The average molecular weight is 499 g/mol. The molecule has 2 aromatic carbocycles. The maximum atomic E-state index is 12.6. The molecule has 1 saturated heterocycles. The fourth-order valence-corrected chi connectivity index (χ4v) is 3.21. The van der Waals surface area contributed by atoms with Crippen LogP contribution in [-0.2, 0) is 9.59 Å². The molecule has 7 nitrogen and oxygen atoms in total. The number of hydrogen-bond acceptors (Lipinski definition) is 4. The number of hydrogen-bond donors (Lipinski definition) is 2. The lowest BCUT2D eigenvalue weighted by Crippen LogP contribution is -2.30. The van der Waals surface area contributed by atoms with E-state index in [1.807, 2.05) is 22.6 Å². The van der Waals surface area contributed by atoms with Gasteiger partial charge in [-0.2, -0.15) is 0 Å². The van der Waals surface area contributed by atoms with Crippen LogP contribution in [0.2, 0.25) is 5.02 Å². The van der Waals surface area contributed by atoms with Crippen molar-refractivity contribution in [3.8, 4) is 5.75 Å². The zero-order chi connectivity index (χ0) is 19.6. The van der Waals surface area contributed by atoms with Crippen LogP contribution in [0.25, 0.3) is 6.08 Å². The maximum Gasteiger partial charge on any atom is 0.341 e. The van der Waals surface area contributed by atoms with Crippen molar-refractivity contribution >= 4 is 63.9 Å². The number of aliphatic carboxylic acids is 1. The molecule has 2 N–H and O–H groups in total. The second-order valence-electron chi connectivity index (χ2n) is 5.48. The van der Waals surface area contributed by atoms with Gasteiger partial charge in [0.25, 0.3) is 5.91 Å². The lowest BCUT2D eigenvalue weighted by atomic mass is 10.2. The third-order valence-corrected chi connectivity index (χ3v) is 4.68. The Balaban J connectivity index is 1.82. The molecule has 9 heteroatoms. The highest BCUT2D eigenvalue weighted by Gasteiger charge is 2.34. The predicted octanol–water partition coefficient (Wildman–Crippen LogP) is 3.51. The molecule has 1 fully saturated rings. The molecule has 0 atom stereocenters. The third-order valence-electron chi connectivity index (χ3n) is 3.58. The quantitative estimate of drug-likeness (QED) is 0.374. The Morgan fingerprint density at radius 1 is 1.22 bits per heavy atom. The number of carbonyl (C=O) groups excluding carboxylic acids is 2. The van der Waals surface area contributed by atoms with Crippen LogP contribution >= 0.6 is 34.2 Å². The summed E-state index contributed by atoms with van der Waals surface area (Å²) >= 11 is 7.84. The lowest BCUT2D eigenvalue weighted by molar-refractivity contribution is -0.139. The first-order valence-corrected chi connectivity index (χ1v) is 9.07. The zero-order valence-electron chi connectivity index (χ0n) is 13.6. The van der Waals surface area contributed by atoms with Crippen molar-refractivity contribution in [1.29, 1.82) is 0 Å². The Bertz CT molecular complexity index is 959. The Morgan fingerprint density at radius 2 is 1.93 bits per heavy atom. The molecule has 3 amide bonds. The lowest BCUT2D eigenvalue weighted by Gasteiger charge is -2.11. The van der Waals surface area contributed by atoms with Crippen LogP contribution in [0.5, 0.6) is 5.75 Å². The molecule has 0 bridgehead atoms. The minimum atomic E-state index is -1.07. The molecule has 3 rings (SSSR count). The summed E-state index contributed by atoms with van der Waals surface area (Å²) in [5.41, 5.74) is 1.20. The number of nitrogens with one attached hydrogen (secondary N) is 1. The molecule has 1 aliphatic rings. The van der Waals surface area contributed by atoms with E-state index in [9.17, 15) is 14.4 Å². The topological polar surface area (TPSA) is 95.9 Å². The van der Waals surface area contributed by atoms with E-state index in [0.29, 0.717) is 25.6 Å². The van der Waals surface area contributed by atoms with E-state index < -0.39 is 24.5 Å². The van der Waals surface area contributed by atoms with Gasteiger partial charge in [-0.05, 0) is 70.6 Å². The van der Waals surface area contributed by atoms with Crippen LogP contribution in [0, 0.1) is 3.57 Å². The van der Waals surface area contributed by atoms with E-state index in [0.717, 1.165) is 4.90 Å². The van der Waals surface area contributed by atoms with Gasteiger partial charge < -0.3 is 15.2 Å². The van der Waals surface area contributed by atoms with E-state index in [2.05, 4.69) is 5.32 Å². The summed E-state index contributed by atoms with van der Waals surface area (Å²) in [6, 6.07) is 10.8. The summed E-state index contributed by atoms with van der Waals surface area (Å²) in [5, 5.41) is 11.7. The van der Waals surface area contributed by atoms with Gasteiger partial charge in [0, 0.05) is 5.02 Å². The van der Waals surface area contributed by atoms with Crippen molar-refractivity contribution in [3.05, 3.63) is 62.3 Å². The minimum Gasteiger partial charge on any atom is -0.481 e. The largest absolute Gasteiger partial charge is 0.481 e. The van der Waals surface area contributed by atoms with Crippen molar-refractivity contribution < 1.29 is 24.2 Å². The molecular weight excluding hydrogens is 487 g/mol. The summed E-state index contributed by atoms with van der Waals surface area (Å²) in [6.45, 7) is -0.443. The first kappa shape index (κ1) is 19.2. The fraction of sp³-hybridized carbons (Fsp3) is 0.0556. The number of imide groups is 1. The third kappa shape index (κ3) is 4.40. The van der Waals surface area contributed by atoms with Crippen molar-refractivity contribution in [1.82, 2.24) is 5.32 Å². The number of benzene rings is 2. The van der Waals surface area contributed by atoms with Crippen LogP contribution in [0.4, 0.5) is 10.5 Å². The predicted molar refractivity (Wildman–Crippen MR) is 108 cm³/mol. The molecule has 0 unspecified atom stereocenters. The Hall–Kier alpha value is -2.59. The molecular formula is C18H12ClIN2O5. The number of anilines is 1. The Morgan fingerprint density at radius 3 is 2.56 bits per heavy atom. The van der Waals surface area contributed by atoms with Crippen molar-refractivity contribution in [2.75, 3.05) is 11.5 Å². The van der Waals surface area contributed by atoms with Crippen molar-refractivity contribution in [3.63, 3.8) is 0 Å². The molecule has 0 radical (unpaired) electrons. The van der Waals surface area contributed by atoms with Crippen molar-refractivity contribution in [2.45, 2.75) is 0 Å². The Kier molecular flexibility index (Phi) is 5.66. The SMILES string of the molecule is O=C(O)COc1ccc(/C=C2/NC(=O)N(c3ccc(Cl)cc3)C2=O)cc1I. The fourth-order valence-electron chi connectivity index (χ4n) is 2.39. The van der Waals surface area contributed by atoms with Gasteiger partial charge in [0.1, 0.15) is 11.4 Å². The number of carboxylic acid groups (broad SMARTS) is 1. The summed E-state index contributed by atoms with van der Waals surface area (Å²) in [5.74, 6) is -1.13. The highest BCUT2D eigenvalue weighted by Crippen LogP contribution is 2.26. The highest BCUT2D eigenvalue weighted by molar-refractivity contribution is 14.1. The summed E-state index contributed by atoms with van der Waals surface area (Å²) in [4.78, 5) is 36.4. The van der Waals surface area contributed by atoms with Crippen LogP contribution < -0.4 is 15.0 Å². The monoisotopic (exact) mass is 498 g/mol. The summed E-state index contributed by atoms with van der Waals surface area (Å²) in [6.07, 6.45) is 1.54. The van der Waals surface area contributed by atoms with Crippen LogP contribution in [0.3, 0.4) is 0 Å². The molecule has 138 valence electrons. The van der Waals surface area contributed by atoms with E-state index in [-0.39, 0.29) is 5.70 Å². The van der Waals surface area contributed by atoms with Gasteiger partial charge in [-0.25, -0.2) is 14.5 Å². The maximum absolute atomic E-state index is 12.6. The van der Waals surface area contributed by atoms with E-state index in [4.69, 9.17) is 21.4 Å². The Labute approximate surface area is 172 Å². The zero-order valence-corrected chi connectivity index (χ0v) is 16.5. The molecule has 0 aromatic heterocycles. The minimum absolute atomic E-state index is 0.130. The summed E-state index contributed by atoms with van der Waals surface area (Å²) in [7, 11) is 0. The van der Waals surface area contributed by atoms with Gasteiger partial charge in [0.05, 0.1) is 9.26 Å². The van der Waals surface area contributed by atoms with Gasteiger partial charge in [0.2, 0.25) is 0 Å². The molecule has 2 aromatic rings. The van der Waals surface area contributed by atoms with Crippen molar-refractivity contribution in [2.24, 2.45) is 0 Å². The standard InChI is InChI=1S/C18H12ClIN2O5/c19-11-2-4-12(5-3-11)22-17(25)14(21-18(22)26)8-10-1-6-15(13(20)7-10)27-9-16(23)24/h1-8H,9H2,(H,21,26)(H,23,24)/b14-8+. The highest BCUT2D eigenvalue weighted by atomic mass is 127. The van der Waals surface area contributed by atoms with Gasteiger partial charge in [0.15, 0.2) is 6.61 Å². The summed E-state index contributed by atoms with van der Waals surface area (Å²) < 4.78 is 5.84. The van der Waals surface area contributed by atoms with E-state index in [1.54, 1.807) is 48.5 Å². The smallest absolute Gasteiger partial charge is 0.341 e. The first-order valence-electron chi connectivity index (χ1n) is 7.62. The number of carboxylic acids is 1. The molecule has 27 heavy (non-hydrogen) atoms. The van der Waals surface area contributed by atoms with Gasteiger partial charge in [-0.3, -0.25) is 4.79 Å². The molecule has 0 saturated carbocycles. The van der Waals surface area contributed by atoms with Gasteiger partial charge >= 0.3 is 12.0 Å². The molecule has 1 aliphatic heterocycles. The second kappa shape index (κ2) is 7.97. The number of halogens is 2. The van der Waals surface area contributed by atoms with Gasteiger partial charge in [-0.15, -0.1) is 0 Å². The number of nitrogens with zero attached hydrogens (tertiary/aromatic N) is 1. The number of rotatable bonds is 5. The molecule has 0 aliphatic carbocycles. The number of carbonyl (C=O) groups is 3. The van der Waals surface area contributed by atoms with Crippen LogP contribution in [0.15, 0.2) is 48.2 Å².